The van der Waals surface area contributed by atoms with Crippen LogP contribution in [0.5, 0.6) is 5.75 Å². The Morgan fingerprint density at radius 3 is 2.71 bits per heavy atom. The van der Waals surface area contributed by atoms with Crippen molar-refractivity contribution >= 4 is 22.6 Å². The number of pyridine rings is 1. The molecule has 0 fully saturated rings. The number of rotatable bonds is 2. The predicted octanol–water partition coefficient (Wildman–Crippen LogP) is 2.50. The number of alkyl halides is 2. The zero-order valence-corrected chi connectivity index (χ0v) is 9.25. The molecule has 0 spiro atoms. The molecule has 0 amide bonds. The molecule has 0 aliphatic rings. The minimum Gasteiger partial charge on any atom is -0.495 e. The van der Waals surface area contributed by atoms with Crippen LogP contribution in [0.15, 0.2) is 6.07 Å². The van der Waals surface area contributed by atoms with Gasteiger partial charge in [-0.3, -0.25) is 0 Å². The molecular weight excluding hydrogens is 305 g/mol. The fourth-order valence-corrected chi connectivity index (χ4v) is 1.48. The molecule has 14 heavy (non-hydrogen) atoms. The van der Waals surface area contributed by atoms with Gasteiger partial charge in [-0.15, -0.1) is 0 Å². The number of methoxy groups -OCH3 is 1. The Morgan fingerprint density at radius 2 is 2.29 bits per heavy atom. The summed E-state index contributed by atoms with van der Waals surface area (Å²) in [5, 5.41) is 8.66. The van der Waals surface area contributed by atoms with Gasteiger partial charge in [-0.25, -0.2) is 13.8 Å². The van der Waals surface area contributed by atoms with E-state index in [-0.39, 0.29) is 11.3 Å². The van der Waals surface area contributed by atoms with Crippen molar-refractivity contribution in [1.29, 1.82) is 5.26 Å². The fourth-order valence-electron chi connectivity index (χ4n) is 0.941. The molecule has 0 atom stereocenters. The van der Waals surface area contributed by atoms with E-state index in [1.54, 1.807) is 28.7 Å². The summed E-state index contributed by atoms with van der Waals surface area (Å²) in [4.78, 5) is 3.59. The Hall–Kier alpha value is -0.970. The minimum atomic E-state index is -2.77. The van der Waals surface area contributed by atoms with Crippen LogP contribution in [0.3, 0.4) is 0 Å². The van der Waals surface area contributed by atoms with Gasteiger partial charge < -0.3 is 4.74 Å². The second-order valence-corrected chi connectivity index (χ2v) is 3.43. The van der Waals surface area contributed by atoms with Crippen LogP contribution in [0.25, 0.3) is 0 Å². The highest BCUT2D eigenvalue weighted by Gasteiger charge is 2.19. The van der Waals surface area contributed by atoms with E-state index in [9.17, 15) is 8.78 Å². The van der Waals surface area contributed by atoms with Crippen LogP contribution in [0, 0.1) is 15.0 Å². The third kappa shape index (κ3) is 2.09. The number of nitrogens with zero attached hydrogens (tertiary/aromatic N) is 2. The molecule has 0 saturated carbocycles. The standard InChI is InChI=1S/C8H5F2IN2O/c1-14-5-2-6(11)13-7(8(9)10)4(5)3-12/h2,8H,1H3. The van der Waals surface area contributed by atoms with Crippen LogP contribution in [0.1, 0.15) is 17.7 Å². The second kappa shape index (κ2) is 4.50. The highest BCUT2D eigenvalue weighted by molar-refractivity contribution is 14.1. The summed E-state index contributed by atoms with van der Waals surface area (Å²) >= 11 is 1.79. The first kappa shape index (κ1) is 11.1. The van der Waals surface area contributed by atoms with Crippen molar-refractivity contribution < 1.29 is 13.5 Å². The average molecular weight is 310 g/mol. The number of hydrogen-bond donors (Lipinski definition) is 0. The van der Waals surface area contributed by atoms with E-state index < -0.39 is 12.1 Å². The number of nitriles is 1. The highest BCUT2D eigenvalue weighted by atomic mass is 127. The summed E-state index contributed by atoms with van der Waals surface area (Å²) in [5.41, 5.74) is -0.737. The number of aromatic nitrogens is 1. The average Bonchev–Trinajstić information content (AvgIpc) is 2.16. The van der Waals surface area contributed by atoms with Crippen LogP contribution in [0.2, 0.25) is 0 Å². The van der Waals surface area contributed by atoms with Crippen LogP contribution in [-0.4, -0.2) is 12.1 Å². The van der Waals surface area contributed by atoms with Gasteiger partial charge in [0.1, 0.15) is 26.8 Å². The van der Waals surface area contributed by atoms with E-state index in [0.717, 1.165) is 0 Å². The van der Waals surface area contributed by atoms with Gasteiger partial charge >= 0.3 is 0 Å². The predicted molar refractivity (Wildman–Crippen MR) is 53.2 cm³/mol. The van der Waals surface area contributed by atoms with Crippen molar-refractivity contribution in [3.8, 4) is 11.8 Å². The topological polar surface area (TPSA) is 45.9 Å². The van der Waals surface area contributed by atoms with Crippen molar-refractivity contribution in [2.45, 2.75) is 6.43 Å². The largest absolute Gasteiger partial charge is 0.495 e. The Labute approximate surface area is 92.8 Å². The smallest absolute Gasteiger partial charge is 0.281 e. The normalized spacial score (nSPS) is 10.0. The van der Waals surface area contributed by atoms with E-state index in [4.69, 9.17) is 10.00 Å². The molecule has 0 aliphatic heterocycles. The molecule has 0 radical (unpaired) electrons. The zero-order valence-electron chi connectivity index (χ0n) is 7.09. The maximum absolute atomic E-state index is 12.4. The van der Waals surface area contributed by atoms with Crippen molar-refractivity contribution in [3.05, 3.63) is 21.0 Å². The van der Waals surface area contributed by atoms with Crippen LogP contribution in [-0.2, 0) is 0 Å². The number of hydrogen-bond acceptors (Lipinski definition) is 3. The molecule has 0 bridgehead atoms. The third-order valence-corrected chi connectivity index (χ3v) is 2.07. The third-order valence-electron chi connectivity index (χ3n) is 1.52. The van der Waals surface area contributed by atoms with Gasteiger partial charge in [-0.05, 0) is 22.6 Å². The molecule has 1 aromatic rings. The van der Waals surface area contributed by atoms with Crippen molar-refractivity contribution in [3.63, 3.8) is 0 Å². The van der Waals surface area contributed by atoms with Crippen LogP contribution < -0.4 is 4.74 Å². The summed E-state index contributed by atoms with van der Waals surface area (Å²) in [5.74, 6) is 0.127. The number of halogens is 3. The summed E-state index contributed by atoms with van der Waals surface area (Å²) < 4.78 is 30.1. The summed E-state index contributed by atoms with van der Waals surface area (Å²) in [6, 6.07) is 3.09. The molecule has 0 saturated heterocycles. The maximum atomic E-state index is 12.4. The molecule has 3 nitrogen and oxygen atoms in total. The molecular formula is C8H5F2IN2O. The fraction of sp³-hybridized carbons (Fsp3) is 0.250. The summed E-state index contributed by atoms with van der Waals surface area (Å²) in [7, 11) is 1.32. The molecule has 0 aliphatic carbocycles. The highest BCUT2D eigenvalue weighted by Crippen LogP contribution is 2.28. The molecule has 1 rings (SSSR count). The number of ether oxygens (including phenoxy) is 1. The molecule has 1 heterocycles. The SMILES string of the molecule is COc1cc(I)nc(C(F)F)c1C#N. The minimum absolute atomic E-state index is 0.127. The second-order valence-electron chi connectivity index (χ2n) is 2.32. The lowest BCUT2D eigenvalue weighted by Crippen LogP contribution is -2.00. The van der Waals surface area contributed by atoms with E-state index >= 15 is 0 Å². The Morgan fingerprint density at radius 1 is 1.64 bits per heavy atom. The summed E-state index contributed by atoms with van der Waals surface area (Å²) in [6.07, 6.45) is -2.77. The summed E-state index contributed by atoms with van der Waals surface area (Å²) in [6.45, 7) is 0. The molecule has 0 N–H and O–H groups in total. The molecule has 6 heteroatoms. The van der Waals surface area contributed by atoms with Gasteiger partial charge in [0.05, 0.1) is 7.11 Å². The first-order valence-electron chi connectivity index (χ1n) is 3.52. The lowest BCUT2D eigenvalue weighted by Gasteiger charge is -2.07. The van der Waals surface area contributed by atoms with E-state index in [1.807, 2.05) is 0 Å². The van der Waals surface area contributed by atoms with Crippen LogP contribution >= 0.6 is 22.6 Å². The molecule has 0 aromatic carbocycles. The van der Waals surface area contributed by atoms with Gasteiger partial charge in [0.25, 0.3) is 6.43 Å². The lowest BCUT2D eigenvalue weighted by atomic mass is 10.2. The Kier molecular flexibility index (Phi) is 3.57. The van der Waals surface area contributed by atoms with E-state index in [1.165, 1.54) is 13.2 Å². The van der Waals surface area contributed by atoms with Gasteiger partial charge in [0, 0.05) is 6.07 Å². The zero-order chi connectivity index (χ0) is 10.7. The maximum Gasteiger partial charge on any atom is 0.281 e. The van der Waals surface area contributed by atoms with Gasteiger partial charge in [0.2, 0.25) is 0 Å². The van der Waals surface area contributed by atoms with Gasteiger partial charge in [0.15, 0.2) is 0 Å². The van der Waals surface area contributed by atoms with E-state index in [2.05, 4.69) is 4.98 Å². The van der Waals surface area contributed by atoms with E-state index in [0.29, 0.717) is 3.70 Å². The molecule has 74 valence electrons. The Bertz CT molecular complexity index is 390. The van der Waals surface area contributed by atoms with Gasteiger partial charge in [-0.1, -0.05) is 0 Å². The van der Waals surface area contributed by atoms with Gasteiger partial charge in [-0.2, -0.15) is 5.26 Å². The first-order valence-corrected chi connectivity index (χ1v) is 4.60. The van der Waals surface area contributed by atoms with Crippen molar-refractivity contribution in [1.82, 2.24) is 4.98 Å². The quantitative estimate of drug-likeness (QED) is 0.623. The van der Waals surface area contributed by atoms with Crippen LogP contribution in [0.4, 0.5) is 8.78 Å². The first-order chi connectivity index (χ1) is 6.60. The molecule has 1 aromatic heterocycles. The molecule has 0 unspecified atom stereocenters. The lowest BCUT2D eigenvalue weighted by molar-refractivity contribution is 0.145. The van der Waals surface area contributed by atoms with Crippen molar-refractivity contribution in [2.75, 3.05) is 7.11 Å². The Balaban J connectivity index is 3.41. The van der Waals surface area contributed by atoms with Crippen molar-refractivity contribution in [2.24, 2.45) is 0 Å². The monoisotopic (exact) mass is 310 g/mol.